The van der Waals surface area contributed by atoms with Crippen LogP contribution in [0.15, 0.2) is 47.5 Å². The Bertz CT molecular complexity index is 1090. The second kappa shape index (κ2) is 8.54. The summed E-state index contributed by atoms with van der Waals surface area (Å²) in [6.07, 6.45) is 3.41. The van der Waals surface area contributed by atoms with Gasteiger partial charge < -0.3 is 23.9 Å². The third-order valence-electron chi connectivity index (χ3n) is 5.23. The summed E-state index contributed by atoms with van der Waals surface area (Å²) in [5, 5.41) is 0. The zero-order valence-electron chi connectivity index (χ0n) is 17.3. The van der Waals surface area contributed by atoms with E-state index in [1.54, 1.807) is 38.3 Å². The zero-order chi connectivity index (χ0) is 21.1. The second-order valence-corrected chi connectivity index (χ2v) is 7.06. The Hall–Kier alpha value is -3.39. The highest BCUT2D eigenvalue weighted by Crippen LogP contribution is 2.40. The predicted molar refractivity (Wildman–Crippen MR) is 112 cm³/mol. The highest BCUT2D eigenvalue weighted by Gasteiger charge is 2.21. The van der Waals surface area contributed by atoms with E-state index >= 15 is 0 Å². The minimum Gasteiger partial charge on any atom is -0.497 e. The van der Waals surface area contributed by atoms with Gasteiger partial charge in [0.15, 0.2) is 11.5 Å². The van der Waals surface area contributed by atoms with Crippen molar-refractivity contribution in [2.75, 3.05) is 27.9 Å². The van der Waals surface area contributed by atoms with Gasteiger partial charge in [-0.25, -0.2) is 4.79 Å². The van der Waals surface area contributed by atoms with Crippen LogP contribution in [0, 0.1) is 0 Å². The molecule has 0 fully saturated rings. The minimum atomic E-state index is -0.109. The van der Waals surface area contributed by atoms with E-state index in [9.17, 15) is 4.79 Å². The molecule has 158 valence electrons. The van der Waals surface area contributed by atoms with Crippen LogP contribution in [0.1, 0.15) is 11.1 Å². The topological polar surface area (TPSA) is 78.0 Å². The third-order valence-corrected chi connectivity index (χ3v) is 5.23. The average molecular weight is 411 g/mol. The Kier molecular flexibility index (Phi) is 5.67. The van der Waals surface area contributed by atoms with Crippen molar-refractivity contribution in [2.24, 2.45) is 0 Å². The summed E-state index contributed by atoms with van der Waals surface area (Å²) >= 11 is 0. The summed E-state index contributed by atoms with van der Waals surface area (Å²) in [6, 6.07) is 9.60. The molecule has 1 aromatic heterocycles. The highest BCUT2D eigenvalue weighted by molar-refractivity contribution is 5.53. The number of ether oxygens (including phenoxy) is 4. The predicted octanol–water partition coefficient (Wildman–Crippen LogP) is 3.01. The first kappa shape index (κ1) is 19.9. The molecular weight excluding hydrogens is 386 g/mol. The monoisotopic (exact) mass is 411 g/mol. The number of benzene rings is 2. The molecule has 0 bridgehead atoms. The molecule has 0 saturated carbocycles. The summed E-state index contributed by atoms with van der Waals surface area (Å²) in [4.78, 5) is 16.8. The van der Waals surface area contributed by atoms with Crippen molar-refractivity contribution >= 4 is 0 Å². The fraction of sp³-hybridized carbons (Fsp3) is 0.318. The quantitative estimate of drug-likeness (QED) is 0.672. The summed E-state index contributed by atoms with van der Waals surface area (Å²) in [7, 11) is 4.85. The summed E-state index contributed by atoms with van der Waals surface area (Å²) in [6.45, 7) is 2.58. The van der Waals surface area contributed by atoms with Gasteiger partial charge in [-0.15, -0.1) is 0 Å². The molecule has 0 unspecified atom stereocenters. The lowest BCUT2D eigenvalue weighted by Crippen LogP contribution is -2.30. The number of H-pyrrole nitrogens is 1. The number of imidazole rings is 1. The number of hydrogen-bond donors (Lipinski definition) is 1. The number of nitrogens with zero attached hydrogens (tertiary/aromatic N) is 2. The van der Waals surface area contributed by atoms with E-state index in [1.807, 2.05) is 30.3 Å². The molecule has 0 atom stereocenters. The van der Waals surface area contributed by atoms with Crippen molar-refractivity contribution in [2.45, 2.75) is 19.6 Å². The van der Waals surface area contributed by atoms with Gasteiger partial charge in [0, 0.05) is 61.8 Å². The Morgan fingerprint density at radius 1 is 0.933 bits per heavy atom. The average Bonchev–Trinajstić information content (AvgIpc) is 3.16. The molecule has 3 aromatic rings. The van der Waals surface area contributed by atoms with Crippen LogP contribution in [-0.4, -0.2) is 42.3 Å². The van der Waals surface area contributed by atoms with Gasteiger partial charge in [-0.3, -0.25) is 9.47 Å². The van der Waals surface area contributed by atoms with Crippen LogP contribution in [0.4, 0.5) is 0 Å². The van der Waals surface area contributed by atoms with E-state index in [0.29, 0.717) is 43.4 Å². The SMILES string of the molecule is COc1ccc2c(c1)Oc1cc(OC)c(OC)cc1CN(CCn1cc[nH]c1=O)C2. The Labute approximate surface area is 174 Å². The molecule has 30 heavy (non-hydrogen) atoms. The van der Waals surface area contributed by atoms with Crippen LogP contribution >= 0.6 is 0 Å². The molecule has 0 radical (unpaired) electrons. The first-order valence-corrected chi connectivity index (χ1v) is 9.67. The fourth-order valence-electron chi connectivity index (χ4n) is 3.60. The lowest BCUT2D eigenvalue weighted by atomic mass is 10.1. The maximum Gasteiger partial charge on any atom is 0.325 e. The van der Waals surface area contributed by atoms with Gasteiger partial charge in [-0.05, 0) is 12.1 Å². The van der Waals surface area contributed by atoms with E-state index in [-0.39, 0.29) is 5.69 Å². The maximum absolute atomic E-state index is 11.9. The van der Waals surface area contributed by atoms with Crippen molar-refractivity contribution in [3.8, 4) is 28.7 Å². The molecule has 2 heterocycles. The van der Waals surface area contributed by atoms with Gasteiger partial charge in [0.1, 0.15) is 17.2 Å². The number of methoxy groups -OCH3 is 3. The molecule has 8 nitrogen and oxygen atoms in total. The highest BCUT2D eigenvalue weighted by atomic mass is 16.5. The first-order valence-electron chi connectivity index (χ1n) is 9.67. The molecule has 0 amide bonds. The summed E-state index contributed by atoms with van der Waals surface area (Å²) in [5.74, 6) is 3.40. The van der Waals surface area contributed by atoms with Crippen molar-refractivity contribution < 1.29 is 18.9 Å². The molecular formula is C22H25N3O5. The van der Waals surface area contributed by atoms with Crippen LogP contribution in [0.3, 0.4) is 0 Å². The first-order chi connectivity index (χ1) is 14.6. The number of hydrogen-bond acceptors (Lipinski definition) is 6. The van der Waals surface area contributed by atoms with Gasteiger partial charge in [-0.1, -0.05) is 6.07 Å². The molecule has 1 aliphatic rings. The normalized spacial score (nSPS) is 13.4. The summed E-state index contributed by atoms with van der Waals surface area (Å²) < 4.78 is 24.3. The van der Waals surface area contributed by atoms with Crippen LogP contribution < -0.4 is 24.6 Å². The third kappa shape index (κ3) is 3.99. The maximum atomic E-state index is 11.9. The Balaban J connectivity index is 1.72. The van der Waals surface area contributed by atoms with Crippen molar-refractivity contribution in [3.63, 3.8) is 0 Å². The Morgan fingerprint density at radius 2 is 1.67 bits per heavy atom. The standard InChI is InChI=1S/C22H25N3O5/c1-27-17-5-4-15-13-24(8-9-25-7-6-23-22(25)26)14-16-10-20(28-2)21(29-3)12-19(16)30-18(15)11-17/h4-7,10-12H,8-9,13-14H2,1-3H3,(H,23,26). The lowest BCUT2D eigenvalue weighted by Gasteiger charge is -2.28. The number of fused-ring (bicyclic) bond motifs is 2. The number of aromatic amines is 1. The summed E-state index contributed by atoms with van der Waals surface area (Å²) in [5.41, 5.74) is 1.91. The lowest BCUT2D eigenvalue weighted by molar-refractivity contribution is 0.232. The number of nitrogens with one attached hydrogen (secondary N) is 1. The Morgan fingerprint density at radius 3 is 2.37 bits per heavy atom. The van der Waals surface area contributed by atoms with Crippen molar-refractivity contribution in [3.05, 3.63) is 64.3 Å². The van der Waals surface area contributed by atoms with Gasteiger partial charge in [-0.2, -0.15) is 0 Å². The molecule has 0 spiro atoms. The van der Waals surface area contributed by atoms with E-state index in [0.717, 1.165) is 22.6 Å². The van der Waals surface area contributed by atoms with E-state index in [1.165, 1.54) is 0 Å². The number of aromatic nitrogens is 2. The fourth-order valence-corrected chi connectivity index (χ4v) is 3.60. The van der Waals surface area contributed by atoms with Crippen molar-refractivity contribution in [1.82, 2.24) is 14.5 Å². The number of rotatable bonds is 6. The van der Waals surface area contributed by atoms with Crippen molar-refractivity contribution in [1.29, 1.82) is 0 Å². The van der Waals surface area contributed by atoms with Crippen LogP contribution in [0.5, 0.6) is 28.7 Å². The molecule has 1 aliphatic heterocycles. The van der Waals surface area contributed by atoms with E-state index < -0.39 is 0 Å². The van der Waals surface area contributed by atoms with Gasteiger partial charge >= 0.3 is 5.69 Å². The van der Waals surface area contributed by atoms with Gasteiger partial charge in [0.05, 0.1) is 21.3 Å². The zero-order valence-corrected chi connectivity index (χ0v) is 17.3. The van der Waals surface area contributed by atoms with E-state index in [4.69, 9.17) is 18.9 Å². The second-order valence-electron chi connectivity index (χ2n) is 7.06. The molecule has 0 saturated heterocycles. The molecule has 1 N–H and O–H groups in total. The van der Waals surface area contributed by atoms with Crippen LogP contribution in [0.25, 0.3) is 0 Å². The largest absolute Gasteiger partial charge is 0.497 e. The van der Waals surface area contributed by atoms with Gasteiger partial charge in [0.2, 0.25) is 0 Å². The molecule has 8 heteroatoms. The smallest absolute Gasteiger partial charge is 0.325 e. The van der Waals surface area contributed by atoms with E-state index in [2.05, 4.69) is 9.88 Å². The van der Waals surface area contributed by atoms with Gasteiger partial charge in [0.25, 0.3) is 0 Å². The molecule has 2 aromatic carbocycles. The van der Waals surface area contributed by atoms with Crippen LogP contribution in [0.2, 0.25) is 0 Å². The van der Waals surface area contributed by atoms with Crippen LogP contribution in [-0.2, 0) is 19.6 Å². The minimum absolute atomic E-state index is 0.109. The molecule has 4 rings (SSSR count). The molecule has 0 aliphatic carbocycles.